The van der Waals surface area contributed by atoms with Crippen molar-refractivity contribution in [3.8, 4) is 11.1 Å². The molecule has 0 N–H and O–H groups in total. The average molecular weight is 1260 g/mol. The molecule has 0 spiro atoms. The number of aryl methyl sites for hydroxylation is 8. The van der Waals surface area contributed by atoms with Crippen LogP contribution in [0, 0.1) is 0 Å². The summed E-state index contributed by atoms with van der Waals surface area (Å²) >= 11 is 0. The van der Waals surface area contributed by atoms with Crippen molar-refractivity contribution in [3.63, 3.8) is 0 Å². The third-order valence-electron chi connectivity index (χ3n) is 20.3. The Morgan fingerprint density at radius 2 is 0.426 bits per heavy atom. The molecule has 0 aliphatic heterocycles. The number of fused-ring (bicyclic) bond motifs is 2. The lowest BCUT2D eigenvalue weighted by Gasteiger charge is -2.34. The van der Waals surface area contributed by atoms with Crippen LogP contribution in [-0.4, -0.2) is 0 Å². The Morgan fingerprint density at radius 1 is 0.191 bits per heavy atom. The second-order valence-electron chi connectivity index (χ2n) is 28.6. The zero-order chi connectivity index (χ0) is 66.0. The second-order valence-corrected chi connectivity index (χ2v) is 28.6. The summed E-state index contributed by atoms with van der Waals surface area (Å²) in [6.45, 7) is 18.8. The highest BCUT2D eigenvalue weighted by atomic mass is 15.2. The molecular formula is C92H128N2. The van der Waals surface area contributed by atoms with Gasteiger partial charge in [-0.15, -0.1) is 0 Å². The summed E-state index contributed by atoms with van der Waals surface area (Å²) in [5.41, 5.74) is 22.3. The summed E-state index contributed by atoms with van der Waals surface area (Å²) in [7, 11) is 0. The largest absolute Gasteiger partial charge is 0.309 e. The smallest absolute Gasteiger partial charge is 0.0620 e. The molecule has 506 valence electrons. The summed E-state index contributed by atoms with van der Waals surface area (Å²) < 4.78 is 0. The van der Waals surface area contributed by atoms with Gasteiger partial charge in [-0.25, -0.2) is 0 Å². The zero-order valence-electron chi connectivity index (χ0n) is 61.0. The number of rotatable bonds is 47. The van der Waals surface area contributed by atoms with Crippen molar-refractivity contribution in [1.82, 2.24) is 0 Å². The molecular weight excluding hydrogens is 1130 g/mol. The van der Waals surface area contributed by atoms with Gasteiger partial charge in [0.15, 0.2) is 0 Å². The van der Waals surface area contributed by atoms with Gasteiger partial charge in [-0.3, -0.25) is 0 Å². The van der Waals surface area contributed by atoms with Crippen molar-refractivity contribution in [2.45, 2.75) is 312 Å². The molecule has 8 aromatic carbocycles. The van der Waals surface area contributed by atoms with E-state index in [1.807, 2.05) is 0 Å². The first-order chi connectivity index (χ1) is 46.3. The van der Waals surface area contributed by atoms with Crippen molar-refractivity contribution in [2.24, 2.45) is 0 Å². The van der Waals surface area contributed by atoms with E-state index < -0.39 is 0 Å². The molecule has 0 aliphatic carbocycles. The Morgan fingerprint density at radius 3 is 0.681 bits per heavy atom. The maximum atomic E-state index is 2.82. The van der Waals surface area contributed by atoms with Gasteiger partial charge in [0.2, 0.25) is 0 Å². The predicted octanol–water partition coefficient (Wildman–Crippen LogP) is 29.6. The summed E-state index contributed by atoms with van der Waals surface area (Å²) in [6, 6.07) is 60.2. The van der Waals surface area contributed by atoms with E-state index >= 15 is 0 Å². The number of anilines is 6. The second kappa shape index (κ2) is 41.8. The molecule has 0 saturated heterocycles. The Balaban J connectivity index is 1.53. The van der Waals surface area contributed by atoms with Crippen LogP contribution in [-0.2, 0) is 51.4 Å². The van der Waals surface area contributed by atoms with E-state index in [-0.39, 0.29) is 0 Å². The highest BCUT2D eigenvalue weighted by Gasteiger charge is 2.28. The first-order valence-electron chi connectivity index (χ1n) is 39.5. The number of unbranched alkanes of at least 4 members (excludes halogenated alkanes) is 24. The van der Waals surface area contributed by atoms with Crippen molar-refractivity contribution < 1.29 is 0 Å². The highest BCUT2D eigenvalue weighted by molar-refractivity contribution is 6.24. The number of hydrogen-bond donors (Lipinski definition) is 0. The summed E-state index contributed by atoms with van der Waals surface area (Å²) in [4.78, 5) is 5.63. The average Bonchev–Trinajstić information content (AvgIpc) is 0.720. The highest BCUT2D eigenvalue weighted by Crippen LogP contribution is 2.53. The molecule has 0 amide bonds. The minimum atomic E-state index is 1.11. The fraction of sp³-hybridized carbons (Fsp3) is 0.522. The number of nitrogens with zero attached hydrogens (tertiary/aromatic N) is 2. The van der Waals surface area contributed by atoms with Crippen LogP contribution in [0.4, 0.5) is 34.1 Å². The zero-order valence-corrected chi connectivity index (χ0v) is 61.0. The van der Waals surface area contributed by atoms with Crippen LogP contribution in [0.25, 0.3) is 32.7 Å². The summed E-state index contributed by atoms with van der Waals surface area (Å²) in [6.07, 6.45) is 49.2. The molecule has 0 aromatic heterocycles. The molecule has 0 unspecified atom stereocenters. The molecule has 8 rings (SSSR count). The lowest BCUT2D eigenvalue weighted by atomic mass is 9.91. The van der Waals surface area contributed by atoms with Crippen LogP contribution in [0.15, 0.2) is 146 Å². The quantitative estimate of drug-likeness (QED) is 0.0213. The SMILES string of the molecule is CCCCCCc1cc(CCCCCC)cc(N(c2cc(CCCCCC)cc(CCCCCC)c2)c2c3ccccc3c(N(c3cc(CCCCCC)cc(CCCCCC)c3)c3cc(CCCCCC)cc(CCCCCC)c3)c3cc(-c4ccccc4)ccc23)c1. The minimum Gasteiger partial charge on any atom is -0.309 e. The van der Waals surface area contributed by atoms with Gasteiger partial charge < -0.3 is 9.80 Å². The topological polar surface area (TPSA) is 6.48 Å². The van der Waals surface area contributed by atoms with E-state index in [0.717, 1.165) is 51.4 Å². The normalized spacial score (nSPS) is 11.6. The molecule has 0 aliphatic rings. The maximum Gasteiger partial charge on any atom is 0.0620 e. The lowest BCUT2D eigenvalue weighted by molar-refractivity contribution is 0.661. The maximum absolute atomic E-state index is 2.82. The molecule has 0 saturated carbocycles. The third-order valence-corrected chi connectivity index (χ3v) is 20.3. The molecule has 2 nitrogen and oxygen atoms in total. The standard InChI is InChI=1S/C92H128N2/c1-9-17-25-34-46-73-60-74(47-35-26-18-10-2)65-83(64-73)93(84-66-75(48-36-27-19-11-3)61-76(67-84)49-37-28-20-12-4)91-87-56-44-45-57-88(87)92(90-72-82(58-59-89(90)91)81-54-42-33-43-55-81)94(85-68-77(50-38-29-21-13-5)62-78(69-85)51-39-30-22-14-6)86-70-79(52-40-31-23-15-7)63-80(71-86)53-41-32-24-16-8/h33,42-45,54-72H,9-32,34-41,46-53H2,1-8H3. The number of hydrogen-bond acceptors (Lipinski definition) is 2. The Bertz CT molecular complexity index is 3170. The van der Waals surface area contributed by atoms with Crippen LogP contribution in [0.3, 0.4) is 0 Å². The van der Waals surface area contributed by atoms with E-state index in [1.54, 1.807) is 0 Å². The third kappa shape index (κ3) is 22.5. The van der Waals surface area contributed by atoms with Crippen LogP contribution in [0.1, 0.15) is 305 Å². The van der Waals surface area contributed by atoms with Gasteiger partial charge in [0.05, 0.1) is 11.4 Å². The molecule has 2 heteroatoms. The van der Waals surface area contributed by atoms with Crippen molar-refractivity contribution in [2.75, 3.05) is 9.80 Å². The molecule has 0 radical (unpaired) electrons. The minimum absolute atomic E-state index is 1.11. The lowest BCUT2D eigenvalue weighted by Crippen LogP contribution is -2.16. The van der Waals surface area contributed by atoms with E-state index in [1.165, 1.54) is 317 Å². The van der Waals surface area contributed by atoms with Gasteiger partial charge in [-0.1, -0.05) is 300 Å². The molecule has 0 atom stereocenters. The van der Waals surface area contributed by atoms with E-state index in [4.69, 9.17) is 0 Å². The Kier molecular flexibility index (Phi) is 32.7. The van der Waals surface area contributed by atoms with Crippen LogP contribution in [0.5, 0.6) is 0 Å². The molecule has 0 bridgehead atoms. The molecule has 8 aromatic rings. The van der Waals surface area contributed by atoms with Crippen LogP contribution < -0.4 is 9.80 Å². The predicted molar refractivity (Wildman–Crippen MR) is 419 cm³/mol. The fourth-order valence-corrected chi connectivity index (χ4v) is 14.9. The molecule has 0 heterocycles. The van der Waals surface area contributed by atoms with E-state index in [0.29, 0.717) is 0 Å². The number of benzene rings is 8. The Hall–Kier alpha value is -6.12. The monoisotopic (exact) mass is 1260 g/mol. The molecule has 94 heavy (non-hydrogen) atoms. The van der Waals surface area contributed by atoms with Gasteiger partial charge in [-0.05, 0) is 213 Å². The van der Waals surface area contributed by atoms with Crippen LogP contribution in [0.2, 0.25) is 0 Å². The van der Waals surface area contributed by atoms with Crippen LogP contribution >= 0.6 is 0 Å². The van der Waals surface area contributed by atoms with Gasteiger partial charge in [0.1, 0.15) is 0 Å². The van der Waals surface area contributed by atoms with Gasteiger partial charge >= 0.3 is 0 Å². The van der Waals surface area contributed by atoms with Crippen molar-refractivity contribution >= 4 is 55.7 Å². The molecule has 0 fully saturated rings. The first kappa shape index (κ1) is 73.7. The van der Waals surface area contributed by atoms with Gasteiger partial charge in [0, 0.05) is 44.3 Å². The van der Waals surface area contributed by atoms with E-state index in [2.05, 4.69) is 211 Å². The summed E-state index contributed by atoms with van der Waals surface area (Å²) in [5, 5.41) is 5.23. The van der Waals surface area contributed by atoms with Crippen molar-refractivity contribution in [3.05, 3.63) is 190 Å². The summed E-state index contributed by atoms with van der Waals surface area (Å²) in [5.74, 6) is 0. The fourth-order valence-electron chi connectivity index (χ4n) is 14.9. The van der Waals surface area contributed by atoms with Crippen molar-refractivity contribution in [1.29, 1.82) is 0 Å². The first-order valence-corrected chi connectivity index (χ1v) is 39.5. The van der Waals surface area contributed by atoms with E-state index in [9.17, 15) is 0 Å². The van der Waals surface area contributed by atoms with Gasteiger partial charge in [0.25, 0.3) is 0 Å². The van der Waals surface area contributed by atoms with Gasteiger partial charge in [-0.2, -0.15) is 0 Å². The Labute approximate surface area is 575 Å².